The third-order valence-corrected chi connectivity index (χ3v) is 13.7. The van der Waals surface area contributed by atoms with Crippen molar-refractivity contribution in [2.24, 2.45) is 0 Å². The molecular formula is C62H116O6. The first-order chi connectivity index (χ1) is 33.5. The quantitative estimate of drug-likeness (QED) is 0.0262. The zero-order chi connectivity index (χ0) is 49.3. The fourth-order valence-electron chi connectivity index (χ4n) is 9.12. The van der Waals surface area contributed by atoms with E-state index in [2.05, 4.69) is 45.1 Å². The van der Waals surface area contributed by atoms with Crippen LogP contribution in [0.4, 0.5) is 0 Å². The van der Waals surface area contributed by atoms with Gasteiger partial charge in [-0.3, -0.25) is 14.4 Å². The number of hydrogen-bond donors (Lipinski definition) is 0. The van der Waals surface area contributed by atoms with Crippen molar-refractivity contribution in [1.29, 1.82) is 0 Å². The molecule has 0 aliphatic rings. The molecule has 0 spiro atoms. The monoisotopic (exact) mass is 957 g/mol. The summed E-state index contributed by atoms with van der Waals surface area (Å²) in [5.41, 5.74) is 0. The highest BCUT2D eigenvalue weighted by molar-refractivity contribution is 5.71. The number of allylic oxidation sites excluding steroid dienone is 4. The van der Waals surface area contributed by atoms with E-state index in [1.807, 2.05) is 0 Å². The van der Waals surface area contributed by atoms with Crippen LogP contribution in [-0.2, 0) is 28.6 Å². The normalized spacial score (nSPS) is 12.1. The number of carbonyl (C=O) groups excluding carboxylic acids is 3. The van der Waals surface area contributed by atoms with E-state index >= 15 is 0 Å². The zero-order valence-electron chi connectivity index (χ0n) is 45.9. The van der Waals surface area contributed by atoms with Gasteiger partial charge in [0, 0.05) is 19.3 Å². The van der Waals surface area contributed by atoms with Crippen LogP contribution in [0.25, 0.3) is 0 Å². The molecule has 0 heterocycles. The van der Waals surface area contributed by atoms with E-state index < -0.39 is 6.10 Å². The molecule has 0 radical (unpaired) electrons. The first-order valence-electron chi connectivity index (χ1n) is 30.3. The molecule has 0 aromatic heterocycles. The summed E-state index contributed by atoms with van der Waals surface area (Å²) in [6.45, 7) is 6.66. The molecule has 0 fully saturated rings. The summed E-state index contributed by atoms with van der Waals surface area (Å²) in [7, 11) is 0. The van der Waals surface area contributed by atoms with E-state index in [9.17, 15) is 14.4 Å². The largest absolute Gasteiger partial charge is 0.462 e. The van der Waals surface area contributed by atoms with Gasteiger partial charge in [0.1, 0.15) is 13.2 Å². The minimum atomic E-state index is -0.768. The van der Waals surface area contributed by atoms with Crippen LogP contribution in [0, 0.1) is 0 Å². The molecule has 0 aromatic carbocycles. The van der Waals surface area contributed by atoms with E-state index in [0.717, 1.165) is 64.2 Å². The Kier molecular flexibility index (Phi) is 55.7. The predicted octanol–water partition coefficient (Wildman–Crippen LogP) is 20.3. The highest BCUT2D eigenvalue weighted by atomic mass is 16.6. The zero-order valence-corrected chi connectivity index (χ0v) is 45.9. The van der Waals surface area contributed by atoms with Crippen LogP contribution in [0.5, 0.6) is 0 Å². The summed E-state index contributed by atoms with van der Waals surface area (Å²) in [6, 6.07) is 0. The van der Waals surface area contributed by atoms with Gasteiger partial charge in [0.05, 0.1) is 0 Å². The number of carbonyl (C=O) groups is 3. The van der Waals surface area contributed by atoms with Crippen molar-refractivity contribution in [2.75, 3.05) is 13.2 Å². The highest BCUT2D eigenvalue weighted by Gasteiger charge is 2.19. The highest BCUT2D eigenvalue weighted by Crippen LogP contribution is 2.17. The molecule has 68 heavy (non-hydrogen) atoms. The van der Waals surface area contributed by atoms with Gasteiger partial charge in [-0.1, -0.05) is 289 Å². The third-order valence-electron chi connectivity index (χ3n) is 13.7. The summed E-state index contributed by atoms with van der Waals surface area (Å²) in [6.07, 6.45) is 67.5. The van der Waals surface area contributed by atoms with Crippen molar-refractivity contribution >= 4 is 17.9 Å². The van der Waals surface area contributed by atoms with Gasteiger partial charge in [-0.2, -0.15) is 0 Å². The fraction of sp³-hybridized carbons (Fsp3) is 0.887. The Morgan fingerprint density at radius 3 is 0.838 bits per heavy atom. The van der Waals surface area contributed by atoms with Crippen molar-refractivity contribution in [3.63, 3.8) is 0 Å². The van der Waals surface area contributed by atoms with Crippen LogP contribution in [0.15, 0.2) is 24.3 Å². The second-order valence-corrected chi connectivity index (χ2v) is 20.6. The maximum absolute atomic E-state index is 12.9. The molecular weight excluding hydrogens is 841 g/mol. The summed E-state index contributed by atoms with van der Waals surface area (Å²) < 4.78 is 16.9. The fourth-order valence-corrected chi connectivity index (χ4v) is 9.12. The molecule has 400 valence electrons. The van der Waals surface area contributed by atoms with Crippen LogP contribution in [-0.4, -0.2) is 37.2 Å². The number of ether oxygens (including phenoxy) is 3. The van der Waals surface area contributed by atoms with Gasteiger partial charge in [-0.15, -0.1) is 0 Å². The van der Waals surface area contributed by atoms with E-state index in [1.54, 1.807) is 0 Å². The van der Waals surface area contributed by atoms with Gasteiger partial charge in [-0.25, -0.2) is 0 Å². The Morgan fingerprint density at radius 1 is 0.294 bits per heavy atom. The number of unbranched alkanes of at least 4 members (excludes halogenated alkanes) is 41. The van der Waals surface area contributed by atoms with Gasteiger partial charge in [0.15, 0.2) is 6.10 Å². The lowest BCUT2D eigenvalue weighted by molar-refractivity contribution is -0.167. The van der Waals surface area contributed by atoms with Gasteiger partial charge < -0.3 is 14.2 Å². The summed E-state index contributed by atoms with van der Waals surface area (Å²) in [5.74, 6) is -0.849. The summed E-state index contributed by atoms with van der Waals surface area (Å²) >= 11 is 0. The average molecular weight is 958 g/mol. The van der Waals surface area contributed by atoms with E-state index in [1.165, 1.54) is 231 Å². The molecule has 0 amide bonds. The van der Waals surface area contributed by atoms with Crippen LogP contribution in [0.2, 0.25) is 0 Å². The van der Waals surface area contributed by atoms with Gasteiger partial charge in [0.2, 0.25) is 0 Å². The SMILES string of the molecule is CCCCC/C=C\C/C=C\CCCCCCCCCCCC(=O)OC(COC(=O)CCCCCCCCCCCCC)COC(=O)CCCCCCCCCCCCCCCCCCCCCC. The Balaban J connectivity index is 4.26. The smallest absolute Gasteiger partial charge is 0.306 e. The molecule has 6 nitrogen and oxygen atoms in total. The minimum absolute atomic E-state index is 0.0671. The Hall–Kier alpha value is -2.11. The molecule has 6 heteroatoms. The maximum Gasteiger partial charge on any atom is 0.306 e. The molecule has 0 N–H and O–H groups in total. The van der Waals surface area contributed by atoms with Crippen LogP contribution >= 0.6 is 0 Å². The van der Waals surface area contributed by atoms with Crippen molar-refractivity contribution < 1.29 is 28.6 Å². The van der Waals surface area contributed by atoms with E-state index in [-0.39, 0.29) is 31.1 Å². The summed E-state index contributed by atoms with van der Waals surface area (Å²) in [4.78, 5) is 38.2. The van der Waals surface area contributed by atoms with Crippen molar-refractivity contribution in [3.8, 4) is 0 Å². The topological polar surface area (TPSA) is 78.9 Å². The number of esters is 3. The van der Waals surface area contributed by atoms with E-state index in [4.69, 9.17) is 14.2 Å². The Bertz CT molecular complexity index is 1100. The molecule has 0 rings (SSSR count). The minimum Gasteiger partial charge on any atom is -0.462 e. The molecule has 1 atom stereocenters. The van der Waals surface area contributed by atoms with Crippen molar-refractivity contribution in [1.82, 2.24) is 0 Å². The molecule has 0 saturated carbocycles. The van der Waals surface area contributed by atoms with Gasteiger partial charge >= 0.3 is 17.9 Å². The molecule has 0 bridgehead atoms. The number of rotatable bonds is 56. The van der Waals surface area contributed by atoms with Gasteiger partial charge in [-0.05, 0) is 51.4 Å². The first kappa shape index (κ1) is 65.9. The first-order valence-corrected chi connectivity index (χ1v) is 30.3. The maximum atomic E-state index is 12.9. The average Bonchev–Trinajstić information content (AvgIpc) is 3.34. The molecule has 0 aliphatic carbocycles. The Morgan fingerprint density at radius 2 is 0.529 bits per heavy atom. The molecule has 0 aliphatic heterocycles. The third kappa shape index (κ3) is 54.8. The second-order valence-electron chi connectivity index (χ2n) is 20.6. The predicted molar refractivity (Wildman–Crippen MR) is 293 cm³/mol. The van der Waals surface area contributed by atoms with Gasteiger partial charge in [0.25, 0.3) is 0 Å². The Labute approximate surface area is 423 Å². The van der Waals surface area contributed by atoms with E-state index in [0.29, 0.717) is 19.3 Å². The molecule has 0 saturated heterocycles. The lowest BCUT2D eigenvalue weighted by Crippen LogP contribution is -2.30. The standard InChI is InChI=1S/C62H116O6/c1-4-7-10-13-16-19-22-24-26-28-30-32-33-35-37-40-43-46-49-52-55-61(64)67-58-59(57-66-60(63)54-51-48-45-42-39-21-18-15-12-9-6-3)68-62(65)56-53-50-47-44-41-38-36-34-31-29-27-25-23-20-17-14-11-8-5-2/h17,20,25,27,59H,4-16,18-19,21-24,26,28-58H2,1-3H3/b20-17-,27-25-. The lowest BCUT2D eigenvalue weighted by atomic mass is 10.0. The van der Waals surface area contributed by atoms with Crippen LogP contribution < -0.4 is 0 Å². The molecule has 1 unspecified atom stereocenters. The number of hydrogen-bond acceptors (Lipinski definition) is 6. The van der Waals surface area contributed by atoms with Crippen LogP contribution in [0.1, 0.15) is 335 Å². The second kappa shape index (κ2) is 57.5. The molecule has 0 aromatic rings. The van der Waals surface area contributed by atoms with Crippen LogP contribution in [0.3, 0.4) is 0 Å². The van der Waals surface area contributed by atoms with Crippen molar-refractivity contribution in [3.05, 3.63) is 24.3 Å². The lowest BCUT2D eigenvalue weighted by Gasteiger charge is -2.18. The summed E-state index contributed by atoms with van der Waals surface area (Å²) in [5, 5.41) is 0. The van der Waals surface area contributed by atoms with Crippen molar-refractivity contribution in [2.45, 2.75) is 341 Å².